The second-order valence-corrected chi connectivity index (χ2v) is 7.12. The lowest BCUT2D eigenvalue weighted by molar-refractivity contribution is 0.142. The molecule has 1 aliphatic heterocycles. The molecular weight excluding hydrogens is 353 g/mol. The molecule has 138 valence electrons. The highest BCUT2D eigenvalue weighted by Crippen LogP contribution is 2.22. The number of carbonyl (C=O) groups is 1. The molecule has 2 aromatic rings. The van der Waals surface area contributed by atoms with Crippen molar-refractivity contribution in [2.45, 2.75) is 20.4 Å². The van der Waals surface area contributed by atoms with E-state index >= 15 is 0 Å². The molecule has 4 nitrogen and oxygen atoms in total. The first-order valence-corrected chi connectivity index (χ1v) is 9.10. The Morgan fingerprint density at radius 3 is 2.58 bits per heavy atom. The Balaban J connectivity index is 1.56. The number of hydrogen-bond donors (Lipinski definition) is 1. The van der Waals surface area contributed by atoms with Crippen molar-refractivity contribution in [1.29, 1.82) is 0 Å². The van der Waals surface area contributed by atoms with Crippen LogP contribution in [0.3, 0.4) is 0 Å². The van der Waals surface area contributed by atoms with Crippen LogP contribution in [0.5, 0.6) is 0 Å². The Bertz CT molecular complexity index is 783. The molecule has 1 heterocycles. The standard InChI is InChI=1S/C20H23ClFN3O/c1-14-6-7-15(2)19(12-14)23-20(26)25-10-8-24(9-11-25)13-16-17(21)4-3-5-18(16)22/h3-7,12H,8-11,13H2,1-2H3,(H,23,26). The number of nitrogens with zero attached hydrogens (tertiary/aromatic N) is 2. The molecule has 2 amide bonds. The number of rotatable bonds is 3. The van der Waals surface area contributed by atoms with Gasteiger partial charge in [-0.25, -0.2) is 9.18 Å². The third-order valence-corrected chi connectivity index (χ3v) is 5.09. The molecule has 0 bridgehead atoms. The molecule has 0 unspecified atom stereocenters. The average molecular weight is 376 g/mol. The SMILES string of the molecule is Cc1ccc(C)c(NC(=O)N2CCN(Cc3c(F)cccc3Cl)CC2)c1. The fourth-order valence-corrected chi connectivity index (χ4v) is 3.30. The van der Waals surface area contributed by atoms with Crippen molar-refractivity contribution in [2.75, 3.05) is 31.5 Å². The average Bonchev–Trinajstić information content (AvgIpc) is 2.62. The van der Waals surface area contributed by atoms with Gasteiger partial charge in [-0.1, -0.05) is 29.8 Å². The Hall–Kier alpha value is -2.11. The van der Waals surface area contributed by atoms with E-state index in [2.05, 4.69) is 10.2 Å². The molecule has 2 aromatic carbocycles. The Morgan fingerprint density at radius 1 is 1.15 bits per heavy atom. The predicted molar refractivity (Wildman–Crippen MR) is 103 cm³/mol. The largest absolute Gasteiger partial charge is 0.322 e. The minimum absolute atomic E-state index is 0.0951. The number of amides is 2. The maximum atomic E-state index is 13.9. The highest BCUT2D eigenvalue weighted by atomic mass is 35.5. The molecule has 0 radical (unpaired) electrons. The van der Waals surface area contributed by atoms with Crippen LogP contribution < -0.4 is 5.32 Å². The van der Waals surface area contributed by atoms with Gasteiger partial charge in [-0.15, -0.1) is 0 Å². The number of piperazine rings is 1. The van der Waals surface area contributed by atoms with Crippen molar-refractivity contribution < 1.29 is 9.18 Å². The van der Waals surface area contributed by atoms with E-state index in [1.165, 1.54) is 6.07 Å². The summed E-state index contributed by atoms with van der Waals surface area (Å²) in [6, 6.07) is 10.6. The van der Waals surface area contributed by atoms with Crippen LogP contribution in [0.25, 0.3) is 0 Å². The zero-order valence-corrected chi connectivity index (χ0v) is 15.8. The third kappa shape index (κ3) is 4.34. The first kappa shape index (κ1) is 18.7. The van der Waals surface area contributed by atoms with Crippen molar-refractivity contribution in [1.82, 2.24) is 9.80 Å². The Labute approximate surface area is 158 Å². The van der Waals surface area contributed by atoms with Crippen LogP contribution in [0.4, 0.5) is 14.9 Å². The molecule has 3 rings (SSSR count). The quantitative estimate of drug-likeness (QED) is 0.860. The molecular formula is C20H23ClFN3O. The molecule has 0 aliphatic carbocycles. The van der Waals surface area contributed by atoms with E-state index in [9.17, 15) is 9.18 Å². The summed E-state index contributed by atoms with van der Waals surface area (Å²) < 4.78 is 13.9. The molecule has 26 heavy (non-hydrogen) atoms. The zero-order chi connectivity index (χ0) is 18.7. The molecule has 1 aliphatic rings. The van der Waals surface area contributed by atoms with Gasteiger partial charge < -0.3 is 10.2 Å². The molecule has 0 saturated carbocycles. The fraction of sp³-hybridized carbons (Fsp3) is 0.350. The molecule has 0 spiro atoms. The number of urea groups is 1. The van der Waals surface area contributed by atoms with Gasteiger partial charge in [0.2, 0.25) is 0 Å². The summed E-state index contributed by atoms with van der Waals surface area (Å²) in [6.07, 6.45) is 0. The fourth-order valence-electron chi connectivity index (χ4n) is 3.08. The maximum absolute atomic E-state index is 13.9. The summed E-state index contributed by atoms with van der Waals surface area (Å²) in [6.45, 7) is 7.01. The second-order valence-electron chi connectivity index (χ2n) is 6.71. The molecule has 1 fully saturated rings. The van der Waals surface area contributed by atoms with Gasteiger partial charge in [-0.2, -0.15) is 0 Å². The summed E-state index contributed by atoms with van der Waals surface area (Å²) in [7, 11) is 0. The molecule has 0 aromatic heterocycles. The normalized spacial score (nSPS) is 15.2. The van der Waals surface area contributed by atoms with Crippen LogP contribution in [0.1, 0.15) is 16.7 Å². The third-order valence-electron chi connectivity index (χ3n) is 4.74. The van der Waals surface area contributed by atoms with E-state index in [0.717, 1.165) is 16.8 Å². The molecule has 6 heteroatoms. The summed E-state index contributed by atoms with van der Waals surface area (Å²) in [5, 5.41) is 3.44. The van der Waals surface area contributed by atoms with E-state index in [1.54, 1.807) is 17.0 Å². The number of anilines is 1. The minimum atomic E-state index is -0.285. The number of halogens is 2. The van der Waals surface area contributed by atoms with E-state index in [1.807, 2.05) is 32.0 Å². The first-order valence-electron chi connectivity index (χ1n) is 8.72. The minimum Gasteiger partial charge on any atom is -0.322 e. The van der Waals surface area contributed by atoms with E-state index in [0.29, 0.717) is 43.3 Å². The topological polar surface area (TPSA) is 35.6 Å². The summed E-state index contributed by atoms with van der Waals surface area (Å²) in [5.74, 6) is -0.285. The highest BCUT2D eigenvalue weighted by Gasteiger charge is 2.22. The maximum Gasteiger partial charge on any atom is 0.321 e. The van der Waals surface area contributed by atoms with Gasteiger partial charge in [-0.3, -0.25) is 4.90 Å². The van der Waals surface area contributed by atoms with Crippen molar-refractivity contribution in [3.8, 4) is 0 Å². The van der Waals surface area contributed by atoms with E-state index < -0.39 is 0 Å². The number of hydrogen-bond acceptors (Lipinski definition) is 2. The van der Waals surface area contributed by atoms with Gasteiger partial charge in [0.15, 0.2) is 0 Å². The lowest BCUT2D eigenvalue weighted by atomic mass is 10.1. The smallest absolute Gasteiger partial charge is 0.321 e. The van der Waals surface area contributed by atoms with Gasteiger partial charge in [-0.05, 0) is 43.2 Å². The molecule has 1 saturated heterocycles. The van der Waals surface area contributed by atoms with E-state index in [-0.39, 0.29) is 11.8 Å². The zero-order valence-electron chi connectivity index (χ0n) is 15.1. The number of aryl methyl sites for hydroxylation is 2. The van der Waals surface area contributed by atoms with Crippen LogP contribution in [0.15, 0.2) is 36.4 Å². The summed E-state index contributed by atoms with van der Waals surface area (Å²) >= 11 is 6.10. The summed E-state index contributed by atoms with van der Waals surface area (Å²) in [4.78, 5) is 16.4. The Morgan fingerprint density at radius 2 is 1.88 bits per heavy atom. The number of nitrogens with one attached hydrogen (secondary N) is 1. The molecule has 1 N–H and O–H groups in total. The second kappa shape index (κ2) is 8.06. The highest BCUT2D eigenvalue weighted by molar-refractivity contribution is 6.31. The first-order chi connectivity index (χ1) is 12.4. The lowest BCUT2D eigenvalue weighted by Crippen LogP contribution is -2.49. The van der Waals surface area contributed by atoms with Crippen LogP contribution >= 0.6 is 11.6 Å². The van der Waals surface area contributed by atoms with Crippen LogP contribution in [0.2, 0.25) is 5.02 Å². The number of benzene rings is 2. The number of carbonyl (C=O) groups excluding carboxylic acids is 1. The monoisotopic (exact) mass is 375 g/mol. The van der Waals surface area contributed by atoms with Crippen LogP contribution in [0, 0.1) is 19.7 Å². The lowest BCUT2D eigenvalue weighted by Gasteiger charge is -2.35. The van der Waals surface area contributed by atoms with Crippen molar-refractivity contribution >= 4 is 23.3 Å². The van der Waals surface area contributed by atoms with Crippen molar-refractivity contribution in [2.24, 2.45) is 0 Å². The van der Waals surface area contributed by atoms with Crippen molar-refractivity contribution in [3.05, 3.63) is 63.9 Å². The van der Waals surface area contributed by atoms with Gasteiger partial charge in [0.05, 0.1) is 0 Å². The summed E-state index contributed by atoms with van der Waals surface area (Å²) in [5.41, 5.74) is 3.51. The Kier molecular flexibility index (Phi) is 5.79. The van der Waals surface area contributed by atoms with Crippen molar-refractivity contribution in [3.63, 3.8) is 0 Å². The van der Waals surface area contributed by atoms with Crippen LogP contribution in [-0.2, 0) is 6.54 Å². The van der Waals surface area contributed by atoms with Gasteiger partial charge in [0, 0.05) is 49.0 Å². The van der Waals surface area contributed by atoms with Gasteiger partial charge in [0.25, 0.3) is 0 Å². The van der Waals surface area contributed by atoms with Gasteiger partial charge >= 0.3 is 6.03 Å². The molecule has 0 atom stereocenters. The van der Waals surface area contributed by atoms with Crippen LogP contribution in [-0.4, -0.2) is 42.0 Å². The van der Waals surface area contributed by atoms with E-state index in [4.69, 9.17) is 11.6 Å². The predicted octanol–water partition coefficient (Wildman–Crippen LogP) is 4.45. The van der Waals surface area contributed by atoms with Gasteiger partial charge in [0.1, 0.15) is 5.82 Å².